The van der Waals surface area contributed by atoms with Crippen LogP contribution in [0.3, 0.4) is 0 Å². The Kier molecular flexibility index (Phi) is 3.54. The summed E-state index contributed by atoms with van der Waals surface area (Å²) in [5, 5.41) is 9.59. The van der Waals surface area contributed by atoms with Crippen LogP contribution in [-0.4, -0.2) is 52.8 Å². The summed E-state index contributed by atoms with van der Waals surface area (Å²) in [6.07, 6.45) is 2.82. The topological polar surface area (TPSA) is 95.0 Å². The minimum atomic E-state index is -1.38. The van der Waals surface area contributed by atoms with Gasteiger partial charge in [-0.05, 0) is 12.8 Å². The zero-order valence-corrected chi connectivity index (χ0v) is 11.6. The molecule has 7 nitrogen and oxygen atoms in total. The molecule has 0 aromatic rings. The van der Waals surface area contributed by atoms with Gasteiger partial charge in [-0.15, -0.1) is 0 Å². The monoisotopic (exact) mass is 282 g/mol. The van der Waals surface area contributed by atoms with Gasteiger partial charge in [0.05, 0.1) is 5.41 Å². The predicted octanol–water partition coefficient (Wildman–Crippen LogP) is 0.688. The molecule has 1 N–H and O–H groups in total. The summed E-state index contributed by atoms with van der Waals surface area (Å²) in [7, 11) is 2.55. The van der Waals surface area contributed by atoms with Crippen molar-refractivity contribution in [3.63, 3.8) is 0 Å². The predicted molar refractivity (Wildman–Crippen MR) is 67.6 cm³/mol. The SMILES string of the molecule is CN1C(=O)C(C2(C(=O)O)CCCCC2)C(=O)N(C)C1=O. The van der Waals surface area contributed by atoms with E-state index in [1.807, 2.05) is 0 Å². The summed E-state index contributed by atoms with van der Waals surface area (Å²) in [5.41, 5.74) is -1.38. The van der Waals surface area contributed by atoms with Crippen molar-refractivity contribution < 1.29 is 24.3 Å². The first-order valence-electron chi connectivity index (χ1n) is 6.65. The second kappa shape index (κ2) is 4.88. The van der Waals surface area contributed by atoms with Gasteiger partial charge in [-0.25, -0.2) is 4.79 Å². The first-order valence-corrected chi connectivity index (χ1v) is 6.65. The fraction of sp³-hybridized carbons (Fsp3) is 0.692. The highest BCUT2D eigenvalue weighted by Crippen LogP contribution is 2.45. The van der Waals surface area contributed by atoms with Crippen molar-refractivity contribution in [2.75, 3.05) is 14.1 Å². The molecule has 2 rings (SSSR count). The van der Waals surface area contributed by atoms with Crippen LogP contribution in [0.25, 0.3) is 0 Å². The second-order valence-corrected chi connectivity index (χ2v) is 5.53. The van der Waals surface area contributed by atoms with Crippen molar-refractivity contribution in [2.45, 2.75) is 32.1 Å². The average Bonchev–Trinajstić information content (AvgIpc) is 2.44. The highest BCUT2D eigenvalue weighted by Gasteiger charge is 2.58. The number of amides is 4. The maximum absolute atomic E-state index is 12.3. The fourth-order valence-corrected chi connectivity index (χ4v) is 3.19. The molecule has 2 aliphatic rings. The first kappa shape index (κ1) is 14.5. The highest BCUT2D eigenvalue weighted by atomic mass is 16.4. The van der Waals surface area contributed by atoms with Crippen LogP contribution in [-0.2, 0) is 14.4 Å². The van der Waals surface area contributed by atoms with Gasteiger partial charge in [-0.1, -0.05) is 19.3 Å². The second-order valence-electron chi connectivity index (χ2n) is 5.53. The summed E-state index contributed by atoms with van der Waals surface area (Å²) in [6, 6.07) is -0.715. The quantitative estimate of drug-likeness (QED) is 0.752. The number of hydrogen-bond acceptors (Lipinski definition) is 4. The van der Waals surface area contributed by atoms with Gasteiger partial charge in [0.25, 0.3) is 0 Å². The summed E-state index contributed by atoms with van der Waals surface area (Å²) in [5.74, 6) is -3.84. The number of barbiturate groups is 1. The van der Waals surface area contributed by atoms with Crippen LogP contribution in [0.1, 0.15) is 32.1 Å². The van der Waals surface area contributed by atoms with Crippen molar-refractivity contribution in [3.05, 3.63) is 0 Å². The fourth-order valence-electron chi connectivity index (χ4n) is 3.19. The molecule has 20 heavy (non-hydrogen) atoms. The van der Waals surface area contributed by atoms with Gasteiger partial charge in [0.1, 0.15) is 5.92 Å². The van der Waals surface area contributed by atoms with E-state index < -0.39 is 35.1 Å². The molecule has 0 unspecified atom stereocenters. The highest BCUT2D eigenvalue weighted by molar-refractivity contribution is 6.17. The van der Waals surface area contributed by atoms with Gasteiger partial charge < -0.3 is 5.11 Å². The molecule has 0 spiro atoms. The maximum Gasteiger partial charge on any atom is 0.332 e. The lowest BCUT2D eigenvalue weighted by Gasteiger charge is -2.43. The third-order valence-electron chi connectivity index (χ3n) is 4.45. The Morgan fingerprint density at radius 1 is 1.05 bits per heavy atom. The molecule has 1 saturated carbocycles. The zero-order chi connectivity index (χ0) is 15.1. The van der Waals surface area contributed by atoms with Crippen LogP contribution in [0.2, 0.25) is 0 Å². The van der Waals surface area contributed by atoms with Crippen molar-refractivity contribution in [3.8, 4) is 0 Å². The third kappa shape index (κ3) is 1.88. The van der Waals surface area contributed by atoms with E-state index in [4.69, 9.17) is 0 Å². The number of hydrogen-bond donors (Lipinski definition) is 1. The van der Waals surface area contributed by atoms with Crippen molar-refractivity contribution in [2.24, 2.45) is 11.3 Å². The first-order chi connectivity index (χ1) is 9.33. The average molecular weight is 282 g/mol. The maximum atomic E-state index is 12.3. The number of carboxylic acid groups (broad SMARTS) is 1. The normalized spacial score (nSPS) is 24.2. The molecule has 0 radical (unpaired) electrons. The van der Waals surface area contributed by atoms with E-state index in [1.54, 1.807) is 0 Å². The summed E-state index contributed by atoms with van der Waals surface area (Å²) < 4.78 is 0. The van der Waals surface area contributed by atoms with Crippen LogP contribution < -0.4 is 0 Å². The molecule has 1 heterocycles. The van der Waals surface area contributed by atoms with E-state index in [0.717, 1.165) is 16.2 Å². The lowest BCUT2D eigenvalue weighted by Crippen LogP contribution is -2.63. The number of rotatable bonds is 2. The molecule has 4 amide bonds. The minimum absolute atomic E-state index is 0.292. The Labute approximate surface area is 116 Å². The lowest BCUT2D eigenvalue weighted by molar-refractivity contribution is -0.170. The van der Waals surface area contributed by atoms with Gasteiger partial charge in [0.15, 0.2) is 0 Å². The minimum Gasteiger partial charge on any atom is -0.481 e. The molecule has 2 fully saturated rings. The molecule has 110 valence electrons. The number of carbonyl (C=O) groups excluding carboxylic acids is 3. The van der Waals surface area contributed by atoms with Crippen LogP contribution in [0, 0.1) is 11.3 Å². The van der Waals surface area contributed by atoms with E-state index in [-0.39, 0.29) is 0 Å². The summed E-state index contributed by atoms with van der Waals surface area (Å²) in [6.45, 7) is 0. The Balaban J connectivity index is 2.46. The van der Waals surface area contributed by atoms with Crippen LogP contribution >= 0.6 is 0 Å². The molecule has 1 saturated heterocycles. The van der Waals surface area contributed by atoms with E-state index in [1.165, 1.54) is 14.1 Å². The van der Waals surface area contributed by atoms with Gasteiger partial charge in [0.2, 0.25) is 11.8 Å². The van der Waals surface area contributed by atoms with Crippen LogP contribution in [0.4, 0.5) is 4.79 Å². The van der Waals surface area contributed by atoms with Crippen LogP contribution in [0.5, 0.6) is 0 Å². The van der Waals surface area contributed by atoms with E-state index in [9.17, 15) is 24.3 Å². The van der Waals surface area contributed by atoms with Gasteiger partial charge in [-0.2, -0.15) is 0 Å². The van der Waals surface area contributed by atoms with Crippen molar-refractivity contribution in [1.82, 2.24) is 9.80 Å². The molecule has 0 aromatic carbocycles. The Bertz CT molecular complexity index is 457. The number of nitrogens with zero attached hydrogens (tertiary/aromatic N) is 2. The smallest absolute Gasteiger partial charge is 0.332 e. The summed E-state index contributed by atoms with van der Waals surface area (Å²) in [4.78, 5) is 49.7. The van der Waals surface area contributed by atoms with E-state index in [2.05, 4.69) is 0 Å². The molecule has 1 aliphatic heterocycles. The van der Waals surface area contributed by atoms with Gasteiger partial charge >= 0.3 is 12.0 Å². The molecule has 1 aliphatic carbocycles. The molecule has 0 bridgehead atoms. The van der Waals surface area contributed by atoms with Gasteiger partial charge in [-0.3, -0.25) is 24.2 Å². The molecular formula is C13H18N2O5. The lowest BCUT2D eigenvalue weighted by atomic mass is 9.64. The number of urea groups is 1. The van der Waals surface area contributed by atoms with Crippen LogP contribution in [0.15, 0.2) is 0 Å². The number of imide groups is 2. The Morgan fingerprint density at radius 3 is 1.90 bits per heavy atom. The Morgan fingerprint density at radius 2 is 1.50 bits per heavy atom. The van der Waals surface area contributed by atoms with E-state index in [0.29, 0.717) is 25.7 Å². The molecular weight excluding hydrogens is 264 g/mol. The van der Waals surface area contributed by atoms with Crippen molar-refractivity contribution >= 4 is 23.8 Å². The Hall–Kier alpha value is -1.92. The third-order valence-corrected chi connectivity index (χ3v) is 4.45. The number of carboxylic acids is 1. The van der Waals surface area contributed by atoms with Crippen molar-refractivity contribution in [1.29, 1.82) is 0 Å². The standard InChI is InChI=1S/C13H18N2O5/c1-14-9(16)8(10(17)15(2)12(14)20)13(11(18)19)6-4-3-5-7-13/h8H,3-7H2,1-2H3,(H,18,19). The number of aliphatic carboxylic acids is 1. The van der Waals surface area contributed by atoms with Gasteiger partial charge in [0, 0.05) is 14.1 Å². The molecule has 7 heteroatoms. The largest absolute Gasteiger partial charge is 0.481 e. The molecule has 0 atom stereocenters. The molecule has 0 aromatic heterocycles. The number of carbonyl (C=O) groups is 4. The summed E-state index contributed by atoms with van der Waals surface area (Å²) >= 11 is 0. The zero-order valence-electron chi connectivity index (χ0n) is 11.6. The van der Waals surface area contributed by atoms with E-state index >= 15 is 0 Å².